The highest BCUT2D eigenvalue weighted by Crippen LogP contribution is 2.42. The van der Waals surface area contributed by atoms with Crippen molar-refractivity contribution >= 4 is 17.6 Å². The number of ether oxygens (including phenoxy) is 2. The smallest absolute Gasteiger partial charge is 0.507 e. The summed E-state index contributed by atoms with van der Waals surface area (Å²) in [6.07, 6.45) is -2.98. The molecule has 1 aromatic heterocycles. The van der Waals surface area contributed by atoms with Crippen molar-refractivity contribution in [2.75, 3.05) is 12.4 Å². The van der Waals surface area contributed by atoms with Crippen molar-refractivity contribution in [3.8, 4) is 28.5 Å². The summed E-state index contributed by atoms with van der Waals surface area (Å²) in [4.78, 5) is 25.6. The number of nitrogens with zero attached hydrogens (tertiary/aromatic N) is 2. The van der Waals surface area contributed by atoms with Gasteiger partial charge in [0, 0.05) is 35.3 Å². The molecule has 0 aliphatic heterocycles. The molecule has 9 nitrogen and oxygen atoms in total. The van der Waals surface area contributed by atoms with Crippen LogP contribution >= 0.6 is 0 Å². The molecular formula is C29H25F3N4O5. The van der Waals surface area contributed by atoms with Crippen LogP contribution in [0, 0.1) is 0 Å². The van der Waals surface area contributed by atoms with Crippen LogP contribution in [-0.4, -0.2) is 40.3 Å². The van der Waals surface area contributed by atoms with E-state index in [0.717, 1.165) is 36.2 Å². The van der Waals surface area contributed by atoms with Crippen molar-refractivity contribution in [3.05, 3.63) is 89.6 Å². The molecule has 4 aromatic rings. The van der Waals surface area contributed by atoms with Gasteiger partial charge in [0.15, 0.2) is 0 Å². The van der Waals surface area contributed by atoms with Gasteiger partial charge in [0.05, 0.1) is 18.5 Å². The number of carbonyl (C=O) groups is 2. The number of halogens is 3. The van der Waals surface area contributed by atoms with E-state index in [1.165, 1.54) is 22.9 Å². The summed E-state index contributed by atoms with van der Waals surface area (Å²) in [7, 11) is 1.58. The maximum Gasteiger partial charge on any atom is 0.573 e. The maximum atomic E-state index is 13.0. The van der Waals surface area contributed by atoms with Gasteiger partial charge in [-0.15, -0.1) is 13.2 Å². The number of aromatic nitrogens is 2. The van der Waals surface area contributed by atoms with Gasteiger partial charge in [0.2, 0.25) is 0 Å². The molecule has 212 valence electrons. The monoisotopic (exact) mass is 566 g/mol. The van der Waals surface area contributed by atoms with Crippen LogP contribution < -0.4 is 20.1 Å². The zero-order valence-corrected chi connectivity index (χ0v) is 21.7. The number of hydrogen-bond donors (Lipinski definition) is 3. The lowest BCUT2D eigenvalue weighted by molar-refractivity contribution is -0.274. The van der Waals surface area contributed by atoms with E-state index < -0.39 is 24.1 Å². The van der Waals surface area contributed by atoms with Gasteiger partial charge >= 0.3 is 12.4 Å². The summed E-state index contributed by atoms with van der Waals surface area (Å²) in [5.41, 5.74) is 2.73. The molecule has 3 N–H and O–H groups in total. The minimum Gasteiger partial charge on any atom is -0.507 e. The molecular weight excluding hydrogens is 541 g/mol. The van der Waals surface area contributed by atoms with E-state index in [1.807, 2.05) is 12.1 Å². The fourth-order valence-corrected chi connectivity index (χ4v) is 4.19. The molecule has 1 saturated carbocycles. The van der Waals surface area contributed by atoms with Gasteiger partial charge in [0.1, 0.15) is 17.2 Å². The molecule has 0 saturated heterocycles. The lowest BCUT2D eigenvalue weighted by atomic mass is 10.1. The second-order valence-electron chi connectivity index (χ2n) is 9.41. The fraction of sp³-hybridized carbons (Fsp3) is 0.207. The molecule has 3 aromatic carbocycles. The predicted octanol–water partition coefficient (Wildman–Crippen LogP) is 6.05. The van der Waals surface area contributed by atoms with E-state index >= 15 is 0 Å². The Morgan fingerprint density at radius 3 is 2.29 bits per heavy atom. The summed E-state index contributed by atoms with van der Waals surface area (Å²) >= 11 is 0. The van der Waals surface area contributed by atoms with Crippen LogP contribution in [0.4, 0.5) is 23.7 Å². The van der Waals surface area contributed by atoms with Gasteiger partial charge in [0.25, 0.3) is 5.91 Å². The second kappa shape index (κ2) is 11.2. The van der Waals surface area contributed by atoms with Gasteiger partial charge in [-0.3, -0.25) is 4.79 Å². The molecule has 41 heavy (non-hydrogen) atoms. The number of phenolic OH excluding ortho intramolecular Hbond substituents is 1. The zero-order chi connectivity index (χ0) is 29.1. The largest absolute Gasteiger partial charge is 0.573 e. The molecule has 2 amide bonds. The molecule has 12 heteroatoms. The van der Waals surface area contributed by atoms with Crippen LogP contribution in [0.15, 0.2) is 72.8 Å². The summed E-state index contributed by atoms with van der Waals surface area (Å²) in [6, 6.07) is 17.6. The molecule has 0 spiro atoms. The minimum atomic E-state index is -4.83. The van der Waals surface area contributed by atoms with Crippen molar-refractivity contribution in [1.82, 2.24) is 15.1 Å². The molecule has 0 radical (unpaired) electrons. The number of rotatable bonds is 8. The second-order valence-corrected chi connectivity index (χ2v) is 9.41. The maximum absolute atomic E-state index is 13.0. The molecule has 5 rings (SSSR count). The first kappa shape index (κ1) is 27.6. The number of carbonyl (C=O) groups excluding carboxylic acids is 2. The van der Waals surface area contributed by atoms with E-state index in [9.17, 15) is 27.9 Å². The standard InChI is InChI=1S/C29H25F3N4O5/c1-40-21-9-2-17(3-10-21)16-33-28(39)36-25(18-4-5-18)15-24(35-36)23-13-8-20(14-26(23)37)34-27(38)19-6-11-22(12-7-19)41-29(30,31)32/h2-3,6-15,18,37H,4-5,16H2,1H3,(H,33,39)(H,34,38). The summed E-state index contributed by atoms with van der Waals surface area (Å²) in [6.45, 7) is 0.292. The van der Waals surface area contributed by atoms with Crippen molar-refractivity contribution < 1.29 is 37.3 Å². The summed E-state index contributed by atoms with van der Waals surface area (Å²) in [5.74, 6) is -0.314. The topological polar surface area (TPSA) is 115 Å². The Morgan fingerprint density at radius 1 is 1.00 bits per heavy atom. The highest BCUT2D eigenvalue weighted by atomic mass is 19.4. The van der Waals surface area contributed by atoms with Gasteiger partial charge in [-0.05, 0) is 73.0 Å². The SMILES string of the molecule is COc1ccc(CNC(=O)n2nc(-c3ccc(NC(=O)c4ccc(OC(F)(F)F)cc4)cc3O)cc2C2CC2)cc1. The van der Waals surface area contributed by atoms with E-state index in [2.05, 4.69) is 20.5 Å². The minimum absolute atomic E-state index is 0.0940. The van der Waals surface area contributed by atoms with E-state index in [0.29, 0.717) is 23.6 Å². The Kier molecular flexibility index (Phi) is 7.56. The number of alkyl halides is 3. The van der Waals surface area contributed by atoms with Crippen molar-refractivity contribution in [2.24, 2.45) is 0 Å². The quantitative estimate of drug-likeness (QED) is 0.239. The average Bonchev–Trinajstić information content (AvgIpc) is 3.70. The van der Waals surface area contributed by atoms with Crippen LogP contribution in [0.3, 0.4) is 0 Å². The van der Waals surface area contributed by atoms with Gasteiger partial charge in [-0.25, -0.2) is 4.79 Å². The Bertz CT molecular complexity index is 1560. The number of amides is 2. The van der Waals surface area contributed by atoms with E-state index in [-0.39, 0.29) is 22.9 Å². The number of phenols is 1. The molecule has 1 fully saturated rings. The van der Waals surface area contributed by atoms with Gasteiger partial charge in [-0.1, -0.05) is 12.1 Å². The third kappa shape index (κ3) is 6.78. The van der Waals surface area contributed by atoms with E-state index in [4.69, 9.17) is 4.74 Å². The summed E-state index contributed by atoms with van der Waals surface area (Å²) < 4.78 is 47.3. The first-order valence-electron chi connectivity index (χ1n) is 12.6. The Morgan fingerprint density at radius 2 is 1.68 bits per heavy atom. The molecule has 1 aliphatic rings. The van der Waals surface area contributed by atoms with Crippen LogP contribution in [0.2, 0.25) is 0 Å². The van der Waals surface area contributed by atoms with Crippen molar-refractivity contribution in [1.29, 1.82) is 0 Å². The van der Waals surface area contributed by atoms with Crippen LogP contribution in [0.25, 0.3) is 11.3 Å². The average molecular weight is 567 g/mol. The van der Waals surface area contributed by atoms with Crippen molar-refractivity contribution in [2.45, 2.75) is 31.7 Å². The molecule has 0 bridgehead atoms. The number of aromatic hydroxyl groups is 1. The fourth-order valence-electron chi connectivity index (χ4n) is 4.19. The number of anilines is 1. The number of methoxy groups -OCH3 is 1. The summed E-state index contributed by atoms with van der Waals surface area (Å²) in [5, 5.41) is 20.6. The predicted molar refractivity (Wildman–Crippen MR) is 143 cm³/mol. The normalized spacial score (nSPS) is 13.0. The molecule has 1 heterocycles. The van der Waals surface area contributed by atoms with Crippen LogP contribution in [0.5, 0.6) is 17.2 Å². The number of nitrogens with one attached hydrogen (secondary N) is 2. The molecule has 1 aliphatic carbocycles. The lowest BCUT2D eigenvalue weighted by Gasteiger charge is -2.10. The lowest BCUT2D eigenvalue weighted by Crippen LogP contribution is -2.30. The molecule has 0 unspecified atom stereocenters. The van der Waals surface area contributed by atoms with Gasteiger partial charge < -0.3 is 25.2 Å². The Hall–Kier alpha value is -5.00. The number of hydrogen-bond acceptors (Lipinski definition) is 6. The zero-order valence-electron chi connectivity index (χ0n) is 21.7. The molecule has 0 atom stereocenters. The van der Waals surface area contributed by atoms with Gasteiger partial charge in [-0.2, -0.15) is 9.78 Å². The number of benzene rings is 3. The third-order valence-corrected chi connectivity index (χ3v) is 6.41. The van der Waals surface area contributed by atoms with E-state index in [1.54, 1.807) is 37.4 Å². The Labute approximate surface area is 232 Å². The first-order valence-corrected chi connectivity index (χ1v) is 12.6. The van der Waals surface area contributed by atoms with Crippen molar-refractivity contribution in [3.63, 3.8) is 0 Å². The third-order valence-electron chi connectivity index (χ3n) is 6.41. The Balaban J connectivity index is 1.28. The highest BCUT2D eigenvalue weighted by molar-refractivity contribution is 6.04. The van der Waals surface area contributed by atoms with Crippen LogP contribution in [-0.2, 0) is 6.54 Å². The first-order chi connectivity index (χ1) is 19.6. The highest BCUT2D eigenvalue weighted by Gasteiger charge is 2.32. The van der Waals surface area contributed by atoms with Crippen LogP contribution in [0.1, 0.15) is 40.4 Å².